The summed E-state index contributed by atoms with van der Waals surface area (Å²) in [6, 6.07) is 16.7. The van der Waals surface area contributed by atoms with Gasteiger partial charge >= 0.3 is 0 Å². The number of methoxy groups -OCH3 is 1. The topological polar surface area (TPSA) is 84.5 Å². The number of amides is 1. The number of halogens is 1. The third kappa shape index (κ3) is 5.72. The highest BCUT2D eigenvalue weighted by molar-refractivity contribution is 7.89. The number of nitrogens with one attached hydrogen (secondary N) is 2. The lowest BCUT2D eigenvalue weighted by molar-refractivity contribution is -0.117. The van der Waals surface area contributed by atoms with Gasteiger partial charge in [-0.25, -0.2) is 12.8 Å². The van der Waals surface area contributed by atoms with Gasteiger partial charge in [0.1, 0.15) is 22.5 Å². The lowest BCUT2D eigenvalue weighted by Crippen LogP contribution is -2.45. The molecule has 3 aromatic carbocycles. The summed E-state index contributed by atoms with van der Waals surface area (Å²) >= 11 is 0. The molecule has 8 heteroatoms. The average molecular weight is 457 g/mol. The van der Waals surface area contributed by atoms with Crippen molar-refractivity contribution in [2.45, 2.75) is 31.2 Å². The van der Waals surface area contributed by atoms with E-state index in [0.29, 0.717) is 5.56 Å². The maximum Gasteiger partial charge on any atom is 0.245 e. The monoisotopic (exact) mass is 456 g/mol. The van der Waals surface area contributed by atoms with E-state index in [4.69, 9.17) is 4.74 Å². The smallest absolute Gasteiger partial charge is 0.245 e. The van der Waals surface area contributed by atoms with Crippen LogP contribution in [0.1, 0.15) is 16.7 Å². The van der Waals surface area contributed by atoms with E-state index < -0.39 is 27.8 Å². The second-order valence-corrected chi connectivity index (χ2v) is 9.15. The molecule has 0 spiro atoms. The molecule has 32 heavy (non-hydrogen) atoms. The van der Waals surface area contributed by atoms with Crippen molar-refractivity contribution in [3.05, 3.63) is 89.2 Å². The molecule has 0 fully saturated rings. The number of hydrogen-bond donors (Lipinski definition) is 2. The molecule has 0 saturated carbocycles. The van der Waals surface area contributed by atoms with Gasteiger partial charge in [0.25, 0.3) is 0 Å². The molecule has 2 N–H and O–H groups in total. The molecule has 0 aromatic heterocycles. The Kier molecular flexibility index (Phi) is 7.27. The number of benzene rings is 3. The summed E-state index contributed by atoms with van der Waals surface area (Å²) in [7, 11) is -2.73. The predicted molar refractivity (Wildman–Crippen MR) is 122 cm³/mol. The Morgan fingerprint density at radius 3 is 2.44 bits per heavy atom. The predicted octanol–water partition coefficient (Wildman–Crippen LogP) is 3.98. The third-order valence-electron chi connectivity index (χ3n) is 4.96. The third-order valence-corrected chi connectivity index (χ3v) is 6.46. The highest BCUT2D eigenvalue weighted by Gasteiger charge is 2.28. The van der Waals surface area contributed by atoms with Gasteiger partial charge in [-0.05, 0) is 61.2 Å². The van der Waals surface area contributed by atoms with E-state index in [1.807, 2.05) is 6.07 Å². The van der Waals surface area contributed by atoms with Crippen molar-refractivity contribution < 1.29 is 22.3 Å². The minimum absolute atomic E-state index is 0.0622. The van der Waals surface area contributed by atoms with Gasteiger partial charge in [0.05, 0.1) is 7.11 Å². The van der Waals surface area contributed by atoms with Gasteiger partial charge in [0.15, 0.2) is 0 Å². The summed E-state index contributed by atoms with van der Waals surface area (Å²) in [5.41, 5.74) is 2.43. The van der Waals surface area contributed by atoms with Crippen LogP contribution in [0.25, 0.3) is 0 Å². The molecule has 0 heterocycles. The minimum atomic E-state index is -4.11. The number of anilines is 1. The lowest BCUT2D eigenvalue weighted by Gasteiger charge is -2.20. The molecule has 0 radical (unpaired) electrons. The highest BCUT2D eigenvalue weighted by atomic mass is 32.2. The first-order valence-electron chi connectivity index (χ1n) is 9.97. The summed E-state index contributed by atoms with van der Waals surface area (Å²) in [5.74, 6) is -0.934. The van der Waals surface area contributed by atoms with Crippen LogP contribution in [-0.4, -0.2) is 27.5 Å². The lowest BCUT2D eigenvalue weighted by atomic mass is 10.1. The Labute approximate surface area is 187 Å². The number of aryl methyl sites for hydroxylation is 2. The maximum atomic E-state index is 13.7. The van der Waals surface area contributed by atoms with Crippen LogP contribution in [0.2, 0.25) is 0 Å². The van der Waals surface area contributed by atoms with Crippen LogP contribution < -0.4 is 14.8 Å². The molecule has 0 aliphatic heterocycles. The van der Waals surface area contributed by atoms with Gasteiger partial charge in [-0.1, -0.05) is 42.5 Å². The number of sulfonamides is 1. The second-order valence-electron chi connectivity index (χ2n) is 7.47. The average Bonchev–Trinajstić information content (AvgIpc) is 2.76. The van der Waals surface area contributed by atoms with Crippen molar-refractivity contribution in [3.8, 4) is 5.75 Å². The Morgan fingerprint density at radius 2 is 1.75 bits per heavy atom. The Hall–Kier alpha value is -3.23. The van der Waals surface area contributed by atoms with Crippen molar-refractivity contribution >= 4 is 21.6 Å². The number of ether oxygens (including phenoxy) is 1. The van der Waals surface area contributed by atoms with Gasteiger partial charge in [-0.2, -0.15) is 4.72 Å². The fourth-order valence-electron chi connectivity index (χ4n) is 3.23. The first-order valence-corrected chi connectivity index (χ1v) is 11.5. The zero-order chi connectivity index (χ0) is 23.3. The zero-order valence-electron chi connectivity index (χ0n) is 18.1. The first-order chi connectivity index (χ1) is 15.2. The fourth-order valence-corrected chi connectivity index (χ4v) is 4.68. The van der Waals surface area contributed by atoms with Gasteiger partial charge in [-0.15, -0.1) is 0 Å². The largest absolute Gasteiger partial charge is 0.495 e. The van der Waals surface area contributed by atoms with Crippen LogP contribution in [0, 0.1) is 19.7 Å². The fraction of sp³-hybridized carbons (Fsp3) is 0.208. The van der Waals surface area contributed by atoms with E-state index >= 15 is 0 Å². The molecule has 168 valence electrons. The second kappa shape index (κ2) is 9.93. The number of carbonyl (C=O) groups excluding carboxylic acids is 1. The Bertz CT molecular complexity index is 1210. The molecule has 0 unspecified atom stereocenters. The molecule has 1 amide bonds. The van der Waals surface area contributed by atoms with E-state index in [0.717, 1.165) is 11.1 Å². The molecule has 3 aromatic rings. The van der Waals surface area contributed by atoms with Crippen LogP contribution in [0.4, 0.5) is 10.1 Å². The molecular formula is C24H25FN2O4S. The quantitative estimate of drug-likeness (QED) is 0.537. The maximum absolute atomic E-state index is 13.7. The van der Waals surface area contributed by atoms with Crippen LogP contribution in [0.3, 0.4) is 0 Å². The van der Waals surface area contributed by atoms with Crippen molar-refractivity contribution in [1.82, 2.24) is 4.72 Å². The summed E-state index contributed by atoms with van der Waals surface area (Å²) in [4.78, 5) is 13.1. The molecule has 0 aliphatic rings. The normalized spacial score (nSPS) is 12.2. The minimum Gasteiger partial charge on any atom is -0.495 e. The molecule has 1 atom stereocenters. The molecule has 0 aliphatic carbocycles. The number of rotatable bonds is 8. The Balaban J connectivity index is 1.95. The van der Waals surface area contributed by atoms with Crippen molar-refractivity contribution in [2.75, 3.05) is 12.4 Å². The summed E-state index contributed by atoms with van der Waals surface area (Å²) in [6.07, 6.45) is 0.106. The van der Waals surface area contributed by atoms with Crippen LogP contribution in [0.5, 0.6) is 5.75 Å². The van der Waals surface area contributed by atoms with Gasteiger partial charge in [0, 0.05) is 5.69 Å². The molecule has 0 saturated heterocycles. The van der Waals surface area contributed by atoms with Crippen LogP contribution in [0.15, 0.2) is 71.6 Å². The van der Waals surface area contributed by atoms with Crippen molar-refractivity contribution in [1.29, 1.82) is 0 Å². The Morgan fingerprint density at radius 1 is 1.03 bits per heavy atom. The van der Waals surface area contributed by atoms with Gasteiger partial charge in [0.2, 0.25) is 15.9 Å². The molecular weight excluding hydrogens is 431 g/mol. The number of hydrogen-bond acceptors (Lipinski definition) is 4. The summed E-state index contributed by atoms with van der Waals surface area (Å²) in [6.45, 7) is 3.49. The van der Waals surface area contributed by atoms with E-state index in [9.17, 15) is 17.6 Å². The van der Waals surface area contributed by atoms with E-state index in [1.165, 1.54) is 25.3 Å². The van der Waals surface area contributed by atoms with E-state index in [-0.39, 0.29) is 22.8 Å². The zero-order valence-corrected chi connectivity index (χ0v) is 18.9. The van der Waals surface area contributed by atoms with Gasteiger partial charge in [-0.3, -0.25) is 4.79 Å². The van der Waals surface area contributed by atoms with Gasteiger partial charge < -0.3 is 10.1 Å². The summed E-state index contributed by atoms with van der Waals surface area (Å²) < 4.78 is 47.8. The number of carbonyl (C=O) groups is 1. The highest BCUT2D eigenvalue weighted by Crippen LogP contribution is 2.25. The van der Waals surface area contributed by atoms with Crippen LogP contribution >= 0.6 is 0 Å². The summed E-state index contributed by atoms with van der Waals surface area (Å²) in [5, 5.41) is 2.65. The first kappa shape index (κ1) is 23.4. The van der Waals surface area contributed by atoms with Crippen molar-refractivity contribution in [3.63, 3.8) is 0 Å². The standard InChI is InChI=1S/C24H25FN2O4S/c1-16-9-12-22(31-3)23(13-16)32(29,30)27-21(14-18-7-5-4-6-8-18)24(28)26-20-15-19(25)11-10-17(20)2/h4-13,15,21,27H,14H2,1-3H3,(H,26,28)/t21-/m1/s1. The van der Waals surface area contributed by atoms with E-state index in [1.54, 1.807) is 56.3 Å². The van der Waals surface area contributed by atoms with E-state index in [2.05, 4.69) is 10.0 Å². The van der Waals surface area contributed by atoms with Crippen molar-refractivity contribution in [2.24, 2.45) is 0 Å². The molecule has 6 nitrogen and oxygen atoms in total. The SMILES string of the molecule is COc1ccc(C)cc1S(=O)(=O)N[C@H](Cc1ccccc1)C(=O)Nc1cc(F)ccc1C. The molecule has 3 rings (SSSR count). The molecule has 0 bridgehead atoms. The van der Waals surface area contributed by atoms with Crippen LogP contribution in [-0.2, 0) is 21.2 Å².